The highest BCUT2D eigenvalue weighted by atomic mass is 16.4. The van der Waals surface area contributed by atoms with Gasteiger partial charge in [0.05, 0.1) is 0 Å². The lowest BCUT2D eigenvalue weighted by Crippen LogP contribution is -2.29. The molecule has 2 N–H and O–H groups in total. The van der Waals surface area contributed by atoms with E-state index in [0.29, 0.717) is 24.4 Å². The number of carboxylic acids is 1. The minimum absolute atomic E-state index is 0.195. The second-order valence-corrected chi connectivity index (χ2v) is 8.30. The van der Waals surface area contributed by atoms with Gasteiger partial charge in [-0.3, -0.25) is 4.79 Å². The van der Waals surface area contributed by atoms with Crippen LogP contribution in [-0.4, -0.2) is 17.1 Å². The Bertz CT molecular complexity index is 974. The van der Waals surface area contributed by atoms with Crippen molar-refractivity contribution in [3.05, 3.63) is 83.4 Å². The highest BCUT2D eigenvalue weighted by Crippen LogP contribution is 2.36. The maximum atomic E-state index is 10.7. The number of nitrogens with one attached hydrogen (secondary N) is 1. The maximum Gasteiger partial charge on any atom is 0.303 e. The number of hydrogen-bond donors (Lipinski definition) is 2. The van der Waals surface area contributed by atoms with E-state index >= 15 is 0 Å². The van der Waals surface area contributed by atoms with Gasteiger partial charge in [0.2, 0.25) is 0 Å². The first-order valence-corrected chi connectivity index (χ1v) is 10.6. The van der Waals surface area contributed by atoms with Gasteiger partial charge in [-0.15, -0.1) is 0 Å². The molecule has 0 heterocycles. The highest BCUT2D eigenvalue weighted by Gasteiger charge is 2.27. The zero-order valence-electron chi connectivity index (χ0n) is 17.0. The summed E-state index contributed by atoms with van der Waals surface area (Å²) < 4.78 is 0. The molecular weight excluding hydrogens is 358 g/mol. The first-order chi connectivity index (χ1) is 14.1. The van der Waals surface area contributed by atoms with Gasteiger partial charge in [-0.1, -0.05) is 66.7 Å². The summed E-state index contributed by atoms with van der Waals surface area (Å²) in [6.07, 6.45) is 4.35. The van der Waals surface area contributed by atoms with E-state index in [4.69, 9.17) is 5.11 Å². The summed E-state index contributed by atoms with van der Waals surface area (Å²) in [6, 6.07) is 24.6. The summed E-state index contributed by atoms with van der Waals surface area (Å²) in [5.41, 5.74) is 3.86. The van der Waals surface area contributed by atoms with Gasteiger partial charge < -0.3 is 10.4 Å². The van der Waals surface area contributed by atoms with Crippen molar-refractivity contribution in [2.75, 3.05) is 0 Å². The third-order valence-corrected chi connectivity index (χ3v) is 6.29. The molecule has 0 aliphatic heterocycles. The Balaban J connectivity index is 1.38. The number of carboxylic acid groups (broad SMARTS) is 1. The van der Waals surface area contributed by atoms with Crippen LogP contribution in [0.1, 0.15) is 61.3 Å². The molecule has 4 rings (SSSR count). The molecule has 29 heavy (non-hydrogen) atoms. The smallest absolute Gasteiger partial charge is 0.303 e. The fraction of sp³-hybridized carbons (Fsp3) is 0.346. The number of carbonyl (C=O) groups is 1. The summed E-state index contributed by atoms with van der Waals surface area (Å²) in [5, 5.41) is 15.3. The Labute approximate surface area is 172 Å². The van der Waals surface area contributed by atoms with Crippen LogP contribution >= 0.6 is 0 Å². The van der Waals surface area contributed by atoms with E-state index in [0.717, 1.165) is 12.0 Å². The van der Waals surface area contributed by atoms with Crippen LogP contribution in [-0.2, 0) is 11.2 Å². The van der Waals surface area contributed by atoms with Gasteiger partial charge in [0.15, 0.2) is 0 Å². The van der Waals surface area contributed by atoms with Crippen LogP contribution in [0.3, 0.4) is 0 Å². The van der Waals surface area contributed by atoms with Crippen molar-refractivity contribution in [3.8, 4) is 0 Å². The number of aliphatic carboxylic acids is 1. The van der Waals surface area contributed by atoms with Gasteiger partial charge in [-0.05, 0) is 66.0 Å². The second-order valence-electron chi connectivity index (χ2n) is 8.30. The zero-order valence-corrected chi connectivity index (χ0v) is 17.0. The average molecular weight is 388 g/mol. The van der Waals surface area contributed by atoms with E-state index < -0.39 is 5.97 Å². The molecule has 0 aromatic heterocycles. The molecule has 1 aliphatic rings. The number of aryl methyl sites for hydroxylation is 1. The third-order valence-electron chi connectivity index (χ3n) is 6.29. The molecule has 1 fully saturated rings. The quantitative estimate of drug-likeness (QED) is 0.535. The van der Waals surface area contributed by atoms with E-state index in [1.807, 2.05) is 0 Å². The highest BCUT2D eigenvalue weighted by molar-refractivity contribution is 5.86. The fourth-order valence-electron chi connectivity index (χ4n) is 4.71. The first kappa shape index (κ1) is 19.7. The Kier molecular flexibility index (Phi) is 5.96. The van der Waals surface area contributed by atoms with Crippen LogP contribution in [0.4, 0.5) is 0 Å². The van der Waals surface area contributed by atoms with Gasteiger partial charge in [-0.25, -0.2) is 0 Å². The van der Waals surface area contributed by atoms with E-state index in [1.54, 1.807) is 0 Å². The molecule has 3 aromatic carbocycles. The Morgan fingerprint density at radius 3 is 2.59 bits per heavy atom. The largest absolute Gasteiger partial charge is 0.481 e. The number of fused-ring (bicyclic) bond motifs is 1. The molecule has 0 saturated heterocycles. The number of benzene rings is 3. The van der Waals surface area contributed by atoms with Gasteiger partial charge in [0.25, 0.3) is 0 Å². The van der Waals surface area contributed by atoms with Gasteiger partial charge in [0, 0.05) is 18.5 Å². The predicted octanol–water partition coefficient (Wildman–Crippen LogP) is 5.84. The average Bonchev–Trinajstić information content (AvgIpc) is 3.20. The molecular formula is C26H29NO2. The van der Waals surface area contributed by atoms with Gasteiger partial charge in [-0.2, -0.15) is 0 Å². The van der Waals surface area contributed by atoms with Crippen LogP contribution in [0.5, 0.6) is 0 Å². The van der Waals surface area contributed by atoms with Crippen molar-refractivity contribution >= 4 is 16.7 Å². The lowest BCUT2D eigenvalue weighted by molar-refractivity contribution is -0.136. The predicted molar refractivity (Wildman–Crippen MR) is 118 cm³/mol. The van der Waals surface area contributed by atoms with Crippen molar-refractivity contribution in [3.63, 3.8) is 0 Å². The summed E-state index contributed by atoms with van der Waals surface area (Å²) in [4.78, 5) is 10.7. The molecule has 0 radical (unpaired) electrons. The standard InChI is InChI=1S/C26H29NO2/c1-18(24-8-4-6-21-5-2-3-7-25(21)24)27-23-15-14-22(17-23)20-12-9-19(10-13-20)11-16-26(28)29/h2-10,12-13,18,22-23,27H,11,14-17H2,1H3,(H,28,29)/t18-,22+,23+/m1/s1. The van der Waals surface area contributed by atoms with Crippen LogP contribution in [0, 0.1) is 0 Å². The molecule has 1 aliphatic carbocycles. The molecule has 0 amide bonds. The molecule has 0 spiro atoms. The van der Waals surface area contributed by atoms with Crippen molar-refractivity contribution in [1.29, 1.82) is 0 Å². The van der Waals surface area contributed by atoms with Crippen LogP contribution in [0.15, 0.2) is 66.7 Å². The first-order valence-electron chi connectivity index (χ1n) is 10.6. The van der Waals surface area contributed by atoms with Crippen molar-refractivity contribution < 1.29 is 9.90 Å². The SMILES string of the molecule is C[C@@H](N[C@H]1CC[C@H](c2ccc(CCC(=O)O)cc2)C1)c1cccc2ccccc12. The van der Waals surface area contributed by atoms with Crippen LogP contribution in [0.2, 0.25) is 0 Å². The molecule has 3 nitrogen and oxygen atoms in total. The van der Waals surface area contributed by atoms with Crippen molar-refractivity contribution in [2.45, 2.75) is 57.0 Å². The normalized spacial score (nSPS) is 20.0. The van der Waals surface area contributed by atoms with Crippen LogP contribution < -0.4 is 5.32 Å². The monoisotopic (exact) mass is 387 g/mol. The van der Waals surface area contributed by atoms with E-state index in [-0.39, 0.29) is 6.42 Å². The number of rotatable bonds is 7. The van der Waals surface area contributed by atoms with Crippen molar-refractivity contribution in [1.82, 2.24) is 5.32 Å². The van der Waals surface area contributed by atoms with E-state index in [2.05, 4.69) is 79.0 Å². The molecule has 150 valence electrons. The topological polar surface area (TPSA) is 49.3 Å². The molecule has 3 aromatic rings. The second kappa shape index (κ2) is 8.79. The minimum atomic E-state index is -0.737. The molecule has 0 bridgehead atoms. The zero-order chi connectivity index (χ0) is 20.2. The Morgan fingerprint density at radius 2 is 1.79 bits per heavy atom. The maximum absolute atomic E-state index is 10.7. The summed E-state index contributed by atoms with van der Waals surface area (Å²) in [6.45, 7) is 2.27. The minimum Gasteiger partial charge on any atom is -0.481 e. The summed E-state index contributed by atoms with van der Waals surface area (Å²) in [7, 11) is 0. The lowest BCUT2D eigenvalue weighted by atomic mass is 9.95. The summed E-state index contributed by atoms with van der Waals surface area (Å²) >= 11 is 0. The Morgan fingerprint density at radius 1 is 1.03 bits per heavy atom. The van der Waals surface area contributed by atoms with E-state index in [1.165, 1.54) is 34.7 Å². The lowest BCUT2D eigenvalue weighted by Gasteiger charge is -2.21. The molecule has 0 unspecified atom stereocenters. The molecule has 3 atom stereocenters. The van der Waals surface area contributed by atoms with Crippen molar-refractivity contribution in [2.24, 2.45) is 0 Å². The Hall–Kier alpha value is -2.65. The third kappa shape index (κ3) is 4.68. The van der Waals surface area contributed by atoms with Crippen LogP contribution in [0.25, 0.3) is 10.8 Å². The molecule has 1 saturated carbocycles. The fourth-order valence-corrected chi connectivity index (χ4v) is 4.71. The van der Waals surface area contributed by atoms with Gasteiger partial charge in [0.1, 0.15) is 0 Å². The molecule has 3 heteroatoms. The summed E-state index contributed by atoms with van der Waals surface area (Å²) in [5.74, 6) is -0.153. The van der Waals surface area contributed by atoms with E-state index in [9.17, 15) is 4.79 Å². The van der Waals surface area contributed by atoms with Gasteiger partial charge >= 0.3 is 5.97 Å². The number of hydrogen-bond acceptors (Lipinski definition) is 2.